The van der Waals surface area contributed by atoms with Gasteiger partial charge in [0.1, 0.15) is 17.8 Å². The lowest BCUT2D eigenvalue weighted by molar-refractivity contribution is -0.141. The summed E-state index contributed by atoms with van der Waals surface area (Å²) < 4.78 is 37.8. The van der Waals surface area contributed by atoms with E-state index in [1.807, 2.05) is 6.92 Å². The average molecular weight is 282 g/mol. The first-order valence-corrected chi connectivity index (χ1v) is 7.29. The van der Waals surface area contributed by atoms with Gasteiger partial charge in [0.15, 0.2) is 0 Å². The minimum atomic E-state index is -4.08. The highest BCUT2D eigenvalue weighted by atomic mass is 31.2. The van der Waals surface area contributed by atoms with Crippen molar-refractivity contribution in [2.75, 3.05) is 27.4 Å². The molecule has 0 spiro atoms. The monoisotopic (exact) mass is 282 g/mol. The highest BCUT2D eigenvalue weighted by Crippen LogP contribution is 2.51. The third-order valence-corrected chi connectivity index (χ3v) is 4.36. The number of fused-ring (bicyclic) bond motifs is 2. The zero-order valence-corrected chi connectivity index (χ0v) is 11.6. The minimum Gasteiger partial charge on any atom is -0.382 e. The van der Waals surface area contributed by atoms with E-state index in [1.165, 1.54) is 0 Å². The van der Waals surface area contributed by atoms with Crippen LogP contribution < -0.4 is 0 Å². The zero-order valence-electron chi connectivity index (χ0n) is 10.7. The molecule has 2 aliphatic heterocycles. The van der Waals surface area contributed by atoms with E-state index in [-0.39, 0.29) is 18.8 Å². The summed E-state index contributed by atoms with van der Waals surface area (Å²) >= 11 is 0. The van der Waals surface area contributed by atoms with Gasteiger partial charge in [0.2, 0.25) is 0 Å². The molecule has 0 aliphatic carbocycles. The number of hydrogen-bond donors (Lipinski definition) is 1. The van der Waals surface area contributed by atoms with Crippen molar-refractivity contribution >= 4 is 7.82 Å². The van der Waals surface area contributed by atoms with Crippen molar-refractivity contribution in [2.24, 2.45) is 0 Å². The lowest BCUT2D eigenvalue weighted by Gasteiger charge is -2.38. The molecule has 0 aromatic heterocycles. The number of phosphoric acid groups is 1. The fourth-order valence-electron chi connectivity index (χ4n) is 2.62. The quantitative estimate of drug-likeness (QED) is 0.743. The van der Waals surface area contributed by atoms with Gasteiger partial charge in [0.25, 0.3) is 0 Å². The maximum Gasteiger partial charge on any atom is 0.472 e. The first-order chi connectivity index (χ1) is 8.44. The van der Waals surface area contributed by atoms with Gasteiger partial charge in [-0.25, -0.2) is 4.57 Å². The predicted molar refractivity (Wildman–Crippen MR) is 61.2 cm³/mol. The molecule has 0 aromatic carbocycles. The standard InChI is InChI=1S/C10H19O7P/c1-7-8-9(17-18(11,12)14-3)10(16-7,6-13-2)4-5-15-8/h7-9H,4-6H2,1-3H3,(H,11,12)/t7-,8-,9-,10+/m0/s1. The topological polar surface area (TPSA) is 83.5 Å². The third kappa shape index (κ3) is 2.49. The van der Waals surface area contributed by atoms with Crippen molar-refractivity contribution in [1.29, 1.82) is 0 Å². The van der Waals surface area contributed by atoms with Crippen molar-refractivity contribution in [3.63, 3.8) is 0 Å². The zero-order chi connectivity index (χ0) is 13.4. The summed E-state index contributed by atoms with van der Waals surface area (Å²) in [5.74, 6) is 0. The Morgan fingerprint density at radius 1 is 1.50 bits per heavy atom. The predicted octanol–water partition coefficient (Wildman–Crippen LogP) is 0.711. The van der Waals surface area contributed by atoms with Gasteiger partial charge in [-0.3, -0.25) is 9.05 Å². The van der Waals surface area contributed by atoms with Crippen molar-refractivity contribution in [1.82, 2.24) is 0 Å². The second-order valence-electron chi connectivity index (χ2n) is 4.58. The molecule has 1 N–H and O–H groups in total. The molecule has 2 rings (SSSR count). The van der Waals surface area contributed by atoms with Crippen LogP contribution in [-0.4, -0.2) is 56.2 Å². The van der Waals surface area contributed by atoms with Crippen LogP contribution in [0.1, 0.15) is 13.3 Å². The van der Waals surface area contributed by atoms with Gasteiger partial charge in [0, 0.05) is 20.6 Å². The van der Waals surface area contributed by atoms with E-state index < -0.39 is 19.5 Å². The van der Waals surface area contributed by atoms with E-state index in [0.29, 0.717) is 13.0 Å². The highest BCUT2D eigenvalue weighted by molar-refractivity contribution is 7.47. The Kier molecular flexibility index (Phi) is 4.14. The van der Waals surface area contributed by atoms with E-state index >= 15 is 0 Å². The lowest BCUT2D eigenvalue weighted by atomic mass is 9.90. The van der Waals surface area contributed by atoms with Crippen LogP contribution in [0.15, 0.2) is 0 Å². The molecule has 18 heavy (non-hydrogen) atoms. The second-order valence-corrected chi connectivity index (χ2v) is 6.10. The summed E-state index contributed by atoms with van der Waals surface area (Å²) in [6.45, 7) is 2.64. The fraction of sp³-hybridized carbons (Fsp3) is 1.00. The van der Waals surface area contributed by atoms with Crippen LogP contribution in [0.25, 0.3) is 0 Å². The van der Waals surface area contributed by atoms with E-state index in [4.69, 9.17) is 18.7 Å². The van der Waals surface area contributed by atoms with Gasteiger partial charge in [-0.2, -0.15) is 0 Å². The molecule has 5 atom stereocenters. The van der Waals surface area contributed by atoms with Crippen LogP contribution in [-0.2, 0) is 27.8 Å². The molecule has 7 nitrogen and oxygen atoms in total. The molecule has 2 fully saturated rings. The highest BCUT2D eigenvalue weighted by Gasteiger charge is 2.59. The molecule has 0 amide bonds. The van der Waals surface area contributed by atoms with Crippen LogP contribution in [0, 0.1) is 0 Å². The normalized spacial score (nSPS) is 42.8. The third-order valence-electron chi connectivity index (χ3n) is 3.40. The summed E-state index contributed by atoms with van der Waals surface area (Å²) in [5, 5.41) is 0. The Morgan fingerprint density at radius 2 is 2.22 bits per heavy atom. The Morgan fingerprint density at radius 3 is 2.83 bits per heavy atom. The van der Waals surface area contributed by atoms with Crippen LogP contribution in [0.2, 0.25) is 0 Å². The van der Waals surface area contributed by atoms with E-state index in [9.17, 15) is 9.46 Å². The molecule has 0 aromatic rings. The summed E-state index contributed by atoms with van der Waals surface area (Å²) in [7, 11) is -1.41. The van der Waals surface area contributed by atoms with Gasteiger partial charge in [-0.1, -0.05) is 0 Å². The molecular formula is C10H19O7P. The van der Waals surface area contributed by atoms with Crippen LogP contribution in [0.5, 0.6) is 0 Å². The number of methoxy groups -OCH3 is 1. The van der Waals surface area contributed by atoms with Crippen molar-refractivity contribution in [3.05, 3.63) is 0 Å². The summed E-state index contributed by atoms with van der Waals surface area (Å²) in [6, 6.07) is 0. The smallest absolute Gasteiger partial charge is 0.382 e. The number of phosphoric ester groups is 1. The first-order valence-electron chi connectivity index (χ1n) is 5.79. The molecule has 0 saturated carbocycles. The first kappa shape index (κ1) is 14.4. The molecule has 2 heterocycles. The largest absolute Gasteiger partial charge is 0.472 e. The van der Waals surface area contributed by atoms with Crippen molar-refractivity contribution < 1.29 is 32.7 Å². The summed E-state index contributed by atoms with van der Waals surface area (Å²) in [5.41, 5.74) is -0.742. The fourth-order valence-corrected chi connectivity index (χ4v) is 3.30. The Hall–Kier alpha value is -0.0100. The molecule has 2 aliphatic rings. The van der Waals surface area contributed by atoms with Gasteiger partial charge < -0.3 is 19.1 Å². The molecule has 2 saturated heterocycles. The van der Waals surface area contributed by atoms with E-state index in [1.54, 1.807) is 7.11 Å². The lowest BCUT2D eigenvalue weighted by Crippen LogP contribution is -2.52. The summed E-state index contributed by atoms with van der Waals surface area (Å²) in [6.07, 6.45) is -0.721. The van der Waals surface area contributed by atoms with Crippen molar-refractivity contribution in [3.8, 4) is 0 Å². The molecule has 2 bridgehead atoms. The van der Waals surface area contributed by atoms with Gasteiger partial charge >= 0.3 is 7.82 Å². The van der Waals surface area contributed by atoms with Crippen LogP contribution in [0.3, 0.4) is 0 Å². The van der Waals surface area contributed by atoms with Crippen molar-refractivity contribution in [2.45, 2.75) is 37.3 Å². The maximum atomic E-state index is 11.6. The second kappa shape index (κ2) is 5.17. The molecule has 0 radical (unpaired) electrons. The molecule has 106 valence electrons. The van der Waals surface area contributed by atoms with E-state index in [2.05, 4.69) is 4.52 Å². The number of rotatable bonds is 5. The maximum absolute atomic E-state index is 11.6. The number of ether oxygens (including phenoxy) is 3. The SMILES string of the molecule is COC[C@@]12CCO[C@@H]([C@H](C)O1)[C@@H]2OP(=O)(O)OC. The number of hydrogen-bond acceptors (Lipinski definition) is 6. The Bertz CT molecular complexity index is 345. The van der Waals surface area contributed by atoms with Crippen LogP contribution in [0.4, 0.5) is 0 Å². The van der Waals surface area contributed by atoms with Gasteiger partial charge in [0.05, 0.1) is 19.3 Å². The van der Waals surface area contributed by atoms with Crippen LogP contribution >= 0.6 is 7.82 Å². The molecular weight excluding hydrogens is 263 g/mol. The summed E-state index contributed by atoms with van der Waals surface area (Å²) in [4.78, 5) is 9.47. The molecule has 8 heteroatoms. The van der Waals surface area contributed by atoms with E-state index in [0.717, 1.165) is 7.11 Å². The van der Waals surface area contributed by atoms with Gasteiger partial charge in [-0.05, 0) is 6.92 Å². The Labute approximate surface area is 106 Å². The minimum absolute atomic E-state index is 0.218. The van der Waals surface area contributed by atoms with Gasteiger partial charge in [-0.15, -0.1) is 0 Å². The average Bonchev–Trinajstić information content (AvgIpc) is 2.47. The molecule has 1 unspecified atom stereocenters. The Balaban J connectivity index is 2.22.